The maximum Gasteiger partial charge on any atom is 0.325 e. The fourth-order valence-electron chi connectivity index (χ4n) is 3.29. The molecule has 0 saturated carbocycles. The number of aromatic nitrogens is 3. The van der Waals surface area contributed by atoms with Gasteiger partial charge in [0.05, 0.1) is 5.92 Å². The number of likely N-dealkylation sites (tertiary alicyclic amines) is 1. The van der Waals surface area contributed by atoms with Gasteiger partial charge in [-0.05, 0) is 25.0 Å². The molecule has 0 aromatic carbocycles. The lowest BCUT2D eigenvalue weighted by Gasteiger charge is -2.31. The largest absolute Gasteiger partial charge is 0.340 e. The molecule has 0 bridgehead atoms. The van der Waals surface area contributed by atoms with Gasteiger partial charge in [-0.2, -0.15) is 4.98 Å². The predicted octanol–water partition coefficient (Wildman–Crippen LogP) is 0.389. The van der Waals surface area contributed by atoms with E-state index in [0.29, 0.717) is 24.8 Å². The number of carbonyl (C=O) groups excluding carboxylic acids is 3. The van der Waals surface area contributed by atoms with Crippen LogP contribution >= 0.6 is 0 Å². The number of piperidine rings is 1. The van der Waals surface area contributed by atoms with Gasteiger partial charge in [0.15, 0.2) is 0 Å². The minimum Gasteiger partial charge on any atom is -0.340 e. The SMILES string of the molecule is O=C1CN(CC(=O)N2CCCC(c3nc(-c4cccnc4)no3)C2)C(=O)N1. The van der Waals surface area contributed by atoms with Crippen molar-refractivity contribution in [3.8, 4) is 11.4 Å². The summed E-state index contributed by atoms with van der Waals surface area (Å²) in [6.07, 6.45) is 4.96. The van der Waals surface area contributed by atoms with Crippen LogP contribution in [0.25, 0.3) is 11.4 Å². The van der Waals surface area contributed by atoms with E-state index < -0.39 is 11.9 Å². The topological polar surface area (TPSA) is 122 Å². The molecule has 1 unspecified atom stereocenters. The van der Waals surface area contributed by atoms with Gasteiger partial charge in [-0.15, -0.1) is 0 Å². The van der Waals surface area contributed by atoms with Gasteiger partial charge in [0.25, 0.3) is 0 Å². The fourth-order valence-corrected chi connectivity index (χ4v) is 3.29. The normalized spacial score (nSPS) is 20.1. The molecule has 27 heavy (non-hydrogen) atoms. The Labute approximate surface area is 154 Å². The highest BCUT2D eigenvalue weighted by Crippen LogP contribution is 2.27. The summed E-state index contributed by atoms with van der Waals surface area (Å²) >= 11 is 0. The fraction of sp³-hybridized carbons (Fsp3) is 0.412. The minimum atomic E-state index is -0.528. The molecule has 140 valence electrons. The Balaban J connectivity index is 1.41. The van der Waals surface area contributed by atoms with Gasteiger partial charge >= 0.3 is 6.03 Å². The summed E-state index contributed by atoms with van der Waals surface area (Å²) in [5, 5.41) is 6.17. The number of urea groups is 1. The second-order valence-corrected chi connectivity index (χ2v) is 6.59. The van der Waals surface area contributed by atoms with Crippen LogP contribution in [0.4, 0.5) is 4.79 Å². The van der Waals surface area contributed by atoms with Crippen LogP contribution in [0, 0.1) is 0 Å². The van der Waals surface area contributed by atoms with Crippen molar-refractivity contribution in [3.05, 3.63) is 30.4 Å². The van der Waals surface area contributed by atoms with E-state index in [-0.39, 0.29) is 24.9 Å². The molecule has 2 saturated heterocycles. The van der Waals surface area contributed by atoms with Crippen molar-refractivity contribution >= 4 is 17.8 Å². The average Bonchev–Trinajstić information content (AvgIpc) is 3.29. The van der Waals surface area contributed by atoms with Crippen LogP contribution in [0.2, 0.25) is 0 Å². The number of hydrogen-bond acceptors (Lipinski definition) is 7. The highest BCUT2D eigenvalue weighted by Gasteiger charge is 2.33. The third-order valence-corrected chi connectivity index (χ3v) is 4.68. The van der Waals surface area contributed by atoms with Gasteiger partial charge in [0.1, 0.15) is 13.1 Å². The second-order valence-electron chi connectivity index (χ2n) is 6.59. The summed E-state index contributed by atoms with van der Waals surface area (Å²) in [6.45, 7) is 0.842. The summed E-state index contributed by atoms with van der Waals surface area (Å²) in [7, 11) is 0. The predicted molar refractivity (Wildman–Crippen MR) is 91.2 cm³/mol. The molecule has 0 radical (unpaired) electrons. The number of nitrogens with one attached hydrogen (secondary N) is 1. The smallest absolute Gasteiger partial charge is 0.325 e. The van der Waals surface area contributed by atoms with Crippen LogP contribution in [0.3, 0.4) is 0 Å². The van der Waals surface area contributed by atoms with E-state index in [2.05, 4.69) is 20.4 Å². The van der Waals surface area contributed by atoms with Crippen molar-refractivity contribution in [1.29, 1.82) is 0 Å². The lowest BCUT2D eigenvalue weighted by atomic mass is 9.98. The van der Waals surface area contributed by atoms with Crippen molar-refractivity contribution in [2.45, 2.75) is 18.8 Å². The summed E-state index contributed by atoms with van der Waals surface area (Å²) in [5.74, 6) is 0.304. The number of pyridine rings is 1. The van der Waals surface area contributed by atoms with Crippen molar-refractivity contribution in [3.63, 3.8) is 0 Å². The zero-order valence-corrected chi connectivity index (χ0v) is 14.5. The molecule has 4 heterocycles. The van der Waals surface area contributed by atoms with Crippen LogP contribution in [-0.4, -0.2) is 68.9 Å². The highest BCUT2D eigenvalue weighted by molar-refractivity contribution is 6.03. The molecule has 10 heteroatoms. The van der Waals surface area contributed by atoms with Gasteiger partial charge in [0.2, 0.25) is 23.5 Å². The molecular weight excluding hydrogens is 352 g/mol. The van der Waals surface area contributed by atoms with Gasteiger partial charge < -0.3 is 14.3 Å². The lowest BCUT2D eigenvalue weighted by Crippen LogP contribution is -2.45. The first-order chi connectivity index (χ1) is 13.1. The molecule has 2 aliphatic rings. The quantitative estimate of drug-likeness (QED) is 0.773. The van der Waals surface area contributed by atoms with E-state index >= 15 is 0 Å². The van der Waals surface area contributed by atoms with Crippen molar-refractivity contribution in [2.24, 2.45) is 0 Å². The van der Waals surface area contributed by atoms with E-state index in [4.69, 9.17) is 4.52 Å². The maximum atomic E-state index is 12.5. The third kappa shape index (κ3) is 3.64. The summed E-state index contributed by atoms with van der Waals surface area (Å²) in [4.78, 5) is 46.8. The van der Waals surface area contributed by atoms with Crippen LogP contribution < -0.4 is 5.32 Å². The van der Waals surface area contributed by atoms with E-state index in [1.807, 2.05) is 6.07 Å². The van der Waals surface area contributed by atoms with Crippen LogP contribution in [0.5, 0.6) is 0 Å². The molecule has 2 aliphatic heterocycles. The molecule has 0 aliphatic carbocycles. The Hall–Kier alpha value is -3.30. The van der Waals surface area contributed by atoms with Gasteiger partial charge in [-0.3, -0.25) is 19.9 Å². The molecule has 10 nitrogen and oxygen atoms in total. The molecule has 4 amide bonds. The summed E-state index contributed by atoms with van der Waals surface area (Å²) in [6, 6.07) is 3.12. The number of amides is 4. The van der Waals surface area contributed by atoms with E-state index in [0.717, 1.165) is 18.4 Å². The number of imide groups is 1. The van der Waals surface area contributed by atoms with E-state index in [1.54, 1.807) is 23.4 Å². The Morgan fingerprint density at radius 1 is 1.37 bits per heavy atom. The van der Waals surface area contributed by atoms with Gasteiger partial charge in [0, 0.05) is 31.0 Å². The zero-order chi connectivity index (χ0) is 18.8. The first-order valence-electron chi connectivity index (χ1n) is 8.70. The molecule has 0 spiro atoms. The molecule has 2 aromatic heterocycles. The number of carbonyl (C=O) groups is 3. The number of nitrogens with zero attached hydrogens (tertiary/aromatic N) is 5. The second kappa shape index (κ2) is 7.14. The maximum absolute atomic E-state index is 12.5. The van der Waals surface area contributed by atoms with Crippen LogP contribution in [-0.2, 0) is 9.59 Å². The molecule has 2 fully saturated rings. The summed E-state index contributed by atoms with van der Waals surface area (Å²) in [5.41, 5.74) is 0.765. The molecule has 1 atom stereocenters. The Kier molecular flexibility index (Phi) is 4.53. The van der Waals surface area contributed by atoms with Crippen LogP contribution in [0.15, 0.2) is 29.0 Å². The first kappa shape index (κ1) is 17.1. The third-order valence-electron chi connectivity index (χ3n) is 4.68. The minimum absolute atomic E-state index is 0.0605. The van der Waals surface area contributed by atoms with E-state index in [9.17, 15) is 14.4 Å². The molecule has 2 aromatic rings. The molecule has 1 N–H and O–H groups in total. The lowest BCUT2D eigenvalue weighted by molar-refractivity contribution is -0.133. The molecular formula is C17H18N6O4. The number of rotatable bonds is 4. The molecule has 4 rings (SSSR count). The zero-order valence-electron chi connectivity index (χ0n) is 14.5. The van der Waals surface area contributed by atoms with Crippen molar-refractivity contribution < 1.29 is 18.9 Å². The standard InChI is InChI=1S/C17H18N6O4/c24-13-9-23(17(26)19-13)10-14(25)22-6-2-4-12(8-22)16-20-15(21-27-16)11-3-1-5-18-7-11/h1,3,5,7,12H,2,4,6,8-10H2,(H,19,24,26). The first-order valence-corrected chi connectivity index (χ1v) is 8.70. The highest BCUT2D eigenvalue weighted by atomic mass is 16.5. The summed E-state index contributed by atoms with van der Waals surface area (Å²) < 4.78 is 5.41. The van der Waals surface area contributed by atoms with Crippen molar-refractivity contribution in [1.82, 2.24) is 30.2 Å². The average molecular weight is 370 g/mol. The Morgan fingerprint density at radius 2 is 2.26 bits per heavy atom. The Bertz CT molecular complexity index is 867. The monoisotopic (exact) mass is 370 g/mol. The van der Waals surface area contributed by atoms with Gasteiger partial charge in [-0.25, -0.2) is 4.79 Å². The van der Waals surface area contributed by atoms with Gasteiger partial charge in [-0.1, -0.05) is 5.16 Å². The number of hydrogen-bond donors (Lipinski definition) is 1. The van der Waals surface area contributed by atoms with Crippen molar-refractivity contribution in [2.75, 3.05) is 26.2 Å². The van der Waals surface area contributed by atoms with Crippen LogP contribution in [0.1, 0.15) is 24.7 Å². The van der Waals surface area contributed by atoms with E-state index in [1.165, 1.54) is 4.90 Å². The Morgan fingerprint density at radius 3 is 3.00 bits per heavy atom.